The molecule has 27 heavy (non-hydrogen) atoms. The minimum absolute atomic E-state index is 0.0660. The molecule has 0 aromatic heterocycles. The Labute approximate surface area is 174 Å². The summed E-state index contributed by atoms with van der Waals surface area (Å²) in [6.45, 7) is 13.0. The number of thioether (sulfide) groups is 1. The van der Waals surface area contributed by atoms with Gasteiger partial charge in [0.25, 0.3) is 0 Å². The predicted octanol–water partition coefficient (Wildman–Crippen LogP) is 7.51. The second-order valence-corrected chi connectivity index (χ2v) is 10.9. The fourth-order valence-corrected chi connectivity index (χ4v) is 4.18. The Morgan fingerprint density at radius 3 is 1.85 bits per heavy atom. The third kappa shape index (κ3) is 6.47. The van der Waals surface area contributed by atoms with Gasteiger partial charge in [-0.25, -0.2) is 0 Å². The summed E-state index contributed by atoms with van der Waals surface area (Å²) in [5, 5.41) is 11.6. The zero-order valence-electron chi connectivity index (χ0n) is 17.5. The second kappa shape index (κ2) is 8.92. The third-order valence-electron chi connectivity index (χ3n) is 4.72. The zero-order valence-corrected chi connectivity index (χ0v) is 19.1. The molecule has 3 heteroatoms. The van der Waals surface area contributed by atoms with Gasteiger partial charge >= 0.3 is 0 Å². The molecule has 2 rings (SSSR count). The van der Waals surface area contributed by atoms with Gasteiger partial charge in [-0.05, 0) is 63.8 Å². The van der Waals surface area contributed by atoms with Crippen molar-refractivity contribution in [3.8, 4) is 5.75 Å². The van der Waals surface area contributed by atoms with Crippen LogP contribution in [0, 0.1) is 0 Å². The van der Waals surface area contributed by atoms with E-state index in [2.05, 4.69) is 65.8 Å². The van der Waals surface area contributed by atoms with E-state index in [-0.39, 0.29) is 10.8 Å². The fourth-order valence-electron chi connectivity index (χ4n) is 3.13. The Kier molecular flexibility index (Phi) is 7.33. The average molecular weight is 405 g/mol. The highest BCUT2D eigenvalue weighted by atomic mass is 35.5. The molecule has 0 bridgehead atoms. The smallest absolute Gasteiger partial charge is 0.123 e. The maximum absolute atomic E-state index is 10.8. The maximum Gasteiger partial charge on any atom is 0.123 e. The van der Waals surface area contributed by atoms with Crippen LogP contribution in [0.3, 0.4) is 0 Å². The van der Waals surface area contributed by atoms with Crippen molar-refractivity contribution < 1.29 is 5.11 Å². The first-order valence-electron chi connectivity index (χ1n) is 9.67. The molecule has 148 valence electrons. The Bertz CT molecular complexity index is 716. The van der Waals surface area contributed by atoms with Crippen LogP contribution in [0.15, 0.2) is 36.4 Å². The van der Waals surface area contributed by atoms with Crippen LogP contribution in [0.5, 0.6) is 5.75 Å². The van der Waals surface area contributed by atoms with E-state index < -0.39 is 0 Å². The van der Waals surface area contributed by atoms with Gasteiger partial charge in [-0.1, -0.05) is 77.4 Å². The SMILES string of the molecule is CC(C)(C)c1cc(CCCSCc2ccc(Cl)cc2)cc(C(C)(C)C)c1O. The molecule has 0 atom stereocenters. The number of halogens is 1. The Hall–Kier alpha value is -1.12. The molecule has 1 N–H and O–H groups in total. The van der Waals surface area contributed by atoms with Gasteiger partial charge in [0, 0.05) is 10.8 Å². The summed E-state index contributed by atoms with van der Waals surface area (Å²) in [5.74, 6) is 2.61. The molecule has 2 aromatic rings. The van der Waals surface area contributed by atoms with Crippen molar-refractivity contribution >= 4 is 23.4 Å². The molecule has 0 saturated carbocycles. The van der Waals surface area contributed by atoms with Gasteiger partial charge in [-0.3, -0.25) is 0 Å². The molecule has 0 aliphatic carbocycles. The highest BCUT2D eigenvalue weighted by Crippen LogP contribution is 2.40. The predicted molar refractivity (Wildman–Crippen MR) is 121 cm³/mol. The van der Waals surface area contributed by atoms with Crippen LogP contribution in [0.25, 0.3) is 0 Å². The highest BCUT2D eigenvalue weighted by Gasteiger charge is 2.26. The number of phenolic OH excluding ortho intramolecular Hbond substituents is 1. The van der Waals surface area contributed by atoms with Crippen molar-refractivity contribution in [2.24, 2.45) is 0 Å². The lowest BCUT2D eigenvalue weighted by molar-refractivity contribution is 0.422. The van der Waals surface area contributed by atoms with Crippen molar-refractivity contribution in [2.45, 2.75) is 71.0 Å². The second-order valence-electron chi connectivity index (χ2n) is 9.32. The topological polar surface area (TPSA) is 20.2 Å². The molecule has 0 aliphatic heterocycles. The molecule has 0 radical (unpaired) electrons. The minimum Gasteiger partial charge on any atom is -0.507 e. The van der Waals surface area contributed by atoms with Gasteiger partial charge in [0.2, 0.25) is 0 Å². The lowest BCUT2D eigenvalue weighted by Crippen LogP contribution is -2.18. The number of aryl methyl sites for hydroxylation is 1. The first-order chi connectivity index (χ1) is 12.5. The molecule has 0 amide bonds. The van der Waals surface area contributed by atoms with Gasteiger partial charge in [-0.2, -0.15) is 11.8 Å². The molecule has 0 saturated heterocycles. The lowest BCUT2D eigenvalue weighted by Gasteiger charge is -2.28. The maximum atomic E-state index is 10.8. The highest BCUT2D eigenvalue weighted by molar-refractivity contribution is 7.98. The van der Waals surface area contributed by atoms with Crippen LogP contribution < -0.4 is 0 Å². The van der Waals surface area contributed by atoms with E-state index in [1.165, 1.54) is 11.1 Å². The van der Waals surface area contributed by atoms with Gasteiger partial charge < -0.3 is 5.11 Å². The standard InChI is InChI=1S/C24H33ClOS/c1-23(2,3)20-14-18(15-21(22(20)26)24(4,5)6)8-7-13-27-16-17-9-11-19(25)12-10-17/h9-12,14-15,26H,7-8,13,16H2,1-6H3. The summed E-state index contributed by atoms with van der Waals surface area (Å²) in [7, 11) is 0. The number of hydrogen-bond donors (Lipinski definition) is 1. The normalized spacial score (nSPS) is 12.4. The summed E-state index contributed by atoms with van der Waals surface area (Å²) < 4.78 is 0. The van der Waals surface area contributed by atoms with Crippen LogP contribution in [-0.2, 0) is 23.0 Å². The van der Waals surface area contributed by atoms with E-state index in [1.807, 2.05) is 23.9 Å². The van der Waals surface area contributed by atoms with Crippen LogP contribution >= 0.6 is 23.4 Å². The summed E-state index contributed by atoms with van der Waals surface area (Å²) >= 11 is 7.90. The average Bonchev–Trinajstić information content (AvgIpc) is 2.55. The molecule has 0 heterocycles. The van der Waals surface area contributed by atoms with Crippen molar-refractivity contribution in [1.29, 1.82) is 0 Å². The van der Waals surface area contributed by atoms with E-state index in [9.17, 15) is 5.11 Å². The monoisotopic (exact) mass is 404 g/mol. The molecule has 2 aromatic carbocycles. The van der Waals surface area contributed by atoms with Crippen molar-refractivity contribution in [3.05, 3.63) is 63.7 Å². The fraction of sp³-hybridized carbons (Fsp3) is 0.500. The summed E-state index contributed by atoms with van der Waals surface area (Å²) in [6, 6.07) is 12.5. The quantitative estimate of drug-likeness (QED) is 0.502. The molecule has 1 nitrogen and oxygen atoms in total. The van der Waals surface area contributed by atoms with Crippen molar-refractivity contribution in [3.63, 3.8) is 0 Å². The Morgan fingerprint density at radius 1 is 0.852 bits per heavy atom. The molecule has 0 spiro atoms. The van der Waals surface area contributed by atoms with E-state index in [4.69, 9.17) is 11.6 Å². The zero-order chi connectivity index (χ0) is 20.2. The van der Waals surface area contributed by atoms with E-state index >= 15 is 0 Å². The first-order valence-corrected chi connectivity index (χ1v) is 11.2. The Balaban J connectivity index is 2.02. The van der Waals surface area contributed by atoms with E-state index in [0.29, 0.717) is 5.75 Å². The largest absolute Gasteiger partial charge is 0.507 e. The molecule has 0 unspecified atom stereocenters. The molecular formula is C24H33ClOS. The van der Waals surface area contributed by atoms with Gasteiger partial charge in [0.05, 0.1) is 0 Å². The molecular weight excluding hydrogens is 372 g/mol. The summed E-state index contributed by atoms with van der Waals surface area (Å²) in [5.41, 5.74) is 4.62. The number of benzene rings is 2. The van der Waals surface area contributed by atoms with E-state index in [1.54, 1.807) is 0 Å². The van der Waals surface area contributed by atoms with E-state index in [0.717, 1.165) is 40.5 Å². The van der Waals surface area contributed by atoms with Crippen LogP contribution in [0.2, 0.25) is 5.02 Å². The Morgan fingerprint density at radius 2 is 1.37 bits per heavy atom. The molecule has 0 fully saturated rings. The number of rotatable bonds is 6. The number of hydrogen-bond acceptors (Lipinski definition) is 2. The number of phenols is 1. The van der Waals surface area contributed by atoms with Gasteiger partial charge in [-0.15, -0.1) is 0 Å². The lowest BCUT2D eigenvalue weighted by atomic mass is 9.78. The van der Waals surface area contributed by atoms with Crippen molar-refractivity contribution in [1.82, 2.24) is 0 Å². The molecule has 0 aliphatic rings. The van der Waals surface area contributed by atoms with Crippen LogP contribution in [-0.4, -0.2) is 10.9 Å². The first kappa shape index (κ1) is 22.2. The summed E-state index contributed by atoms with van der Waals surface area (Å²) in [4.78, 5) is 0. The number of aromatic hydroxyl groups is 1. The third-order valence-corrected chi connectivity index (χ3v) is 6.09. The van der Waals surface area contributed by atoms with Gasteiger partial charge in [0.1, 0.15) is 5.75 Å². The van der Waals surface area contributed by atoms with Crippen LogP contribution in [0.1, 0.15) is 70.2 Å². The van der Waals surface area contributed by atoms with Crippen LogP contribution in [0.4, 0.5) is 0 Å². The van der Waals surface area contributed by atoms with Crippen molar-refractivity contribution in [2.75, 3.05) is 5.75 Å². The minimum atomic E-state index is -0.0660. The van der Waals surface area contributed by atoms with Gasteiger partial charge in [0.15, 0.2) is 0 Å². The summed E-state index contributed by atoms with van der Waals surface area (Å²) in [6.07, 6.45) is 2.18.